The van der Waals surface area contributed by atoms with E-state index in [0.29, 0.717) is 0 Å². The summed E-state index contributed by atoms with van der Waals surface area (Å²) in [6, 6.07) is 0. The Labute approximate surface area is 120 Å². The van der Waals surface area contributed by atoms with Crippen LogP contribution in [0.25, 0.3) is 0 Å². The number of tetrazole rings is 1. The molecule has 0 fully saturated rings. The maximum Gasteiger partial charge on any atom is 0.209 e. The Morgan fingerprint density at radius 3 is 2.68 bits per heavy atom. The van der Waals surface area contributed by atoms with Crippen molar-refractivity contribution in [3.8, 4) is 0 Å². The highest BCUT2D eigenvalue weighted by atomic mass is 32.2. The second-order valence-electron chi connectivity index (χ2n) is 5.87. The van der Waals surface area contributed by atoms with Crippen molar-refractivity contribution in [2.75, 3.05) is 32.9 Å². The predicted molar refractivity (Wildman–Crippen MR) is 79.5 cm³/mol. The van der Waals surface area contributed by atoms with Gasteiger partial charge in [-0.3, -0.25) is 0 Å². The highest BCUT2D eigenvalue weighted by Crippen LogP contribution is 2.14. The van der Waals surface area contributed by atoms with Gasteiger partial charge in [0.25, 0.3) is 0 Å². The van der Waals surface area contributed by atoms with Gasteiger partial charge in [-0.25, -0.2) is 4.68 Å². The van der Waals surface area contributed by atoms with Crippen LogP contribution in [0.2, 0.25) is 0 Å². The van der Waals surface area contributed by atoms with Gasteiger partial charge in [0.05, 0.1) is 6.54 Å². The van der Waals surface area contributed by atoms with Crippen LogP contribution >= 0.6 is 11.8 Å². The van der Waals surface area contributed by atoms with Gasteiger partial charge in [0.15, 0.2) is 0 Å². The van der Waals surface area contributed by atoms with Gasteiger partial charge in [0.1, 0.15) is 0 Å². The van der Waals surface area contributed by atoms with Crippen LogP contribution in [0.1, 0.15) is 27.2 Å². The molecule has 0 unspecified atom stereocenters. The van der Waals surface area contributed by atoms with Crippen molar-refractivity contribution in [3.05, 3.63) is 0 Å². The van der Waals surface area contributed by atoms with E-state index in [4.69, 9.17) is 0 Å². The minimum absolute atomic E-state index is 0.132. The zero-order valence-corrected chi connectivity index (χ0v) is 13.5. The van der Waals surface area contributed by atoms with Gasteiger partial charge < -0.3 is 10.2 Å². The predicted octanol–water partition coefficient (Wildman–Crippen LogP) is 1.10. The Morgan fingerprint density at radius 1 is 1.32 bits per heavy atom. The van der Waals surface area contributed by atoms with E-state index in [-0.39, 0.29) is 5.54 Å². The van der Waals surface area contributed by atoms with Gasteiger partial charge in [0, 0.05) is 17.8 Å². The summed E-state index contributed by atoms with van der Waals surface area (Å²) in [5.74, 6) is 1.05. The van der Waals surface area contributed by atoms with Gasteiger partial charge in [0.2, 0.25) is 5.16 Å². The first kappa shape index (κ1) is 16.4. The Hall–Kier alpha value is -0.660. The largest absolute Gasteiger partial charge is 0.310 e. The fourth-order valence-electron chi connectivity index (χ4n) is 1.52. The zero-order valence-electron chi connectivity index (χ0n) is 12.7. The van der Waals surface area contributed by atoms with Crippen molar-refractivity contribution in [3.63, 3.8) is 0 Å². The standard InChI is InChI=1S/C12H26N6S/c1-12(2,3)13-7-9-18-11(14-15-16-18)19-10-6-8-17(4)5/h13H,6-10H2,1-5H3. The lowest BCUT2D eigenvalue weighted by Gasteiger charge is -2.20. The summed E-state index contributed by atoms with van der Waals surface area (Å²) >= 11 is 1.73. The molecular formula is C12H26N6S. The highest BCUT2D eigenvalue weighted by molar-refractivity contribution is 7.99. The fourth-order valence-corrected chi connectivity index (χ4v) is 2.35. The monoisotopic (exact) mass is 286 g/mol. The molecule has 0 aromatic carbocycles. The Morgan fingerprint density at radius 2 is 2.05 bits per heavy atom. The van der Waals surface area contributed by atoms with Gasteiger partial charge in [-0.2, -0.15) is 0 Å². The second-order valence-corrected chi connectivity index (χ2v) is 6.93. The molecule has 1 aromatic rings. The molecule has 7 heteroatoms. The van der Waals surface area contributed by atoms with Crippen LogP contribution in [0.15, 0.2) is 5.16 Å². The molecule has 110 valence electrons. The summed E-state index contributed by atoms with van der Waals surface area (Å²) in [5.41, 5.74) is 0.132. The summed E-state index contributed by atoms with van der Waals surface area (Å²) in [4.78, 5) is 2.19. The van der Waals surface area contributed by atoms with Crippen LogP contribution in [0.5, 0.6) is 0 Å². The van der Waals surface area contributed by atoms with Crippen molar-refractivity contribution >= 4 is 11.8 Å². The van der Waals surface area contributed by atoms with Gasteiger partial charge in [-0.05, 0) is 58.3 Å². The van der Waals surface area contributed by atoms with Crippen LogP contribution in [0.4, 0.5) is 0 Å². The second kappa shape index (κ2) is 7.81. The van der Waals surface area contributed by atoms with E-state index in [1.54, 1.807) is 11.8 Å². The summed E-state index contributed by atoms with van der Waals surface area (Å²) in [6.45, 7) is 9.25. The smallest absolute Gasteiger partial charge is 0.209 e. The lowest BCUT2D eigenvalue weighted by molar-refractivity contribution is 0.396. The highest BCUT2D eigenvalue weighted by Gasteiger charge is 2.10. The zero-order chi connectivity index (χ0) is 14.3. The van der Waals surface area contributed by atoms with E-state index in [1.807, 2.05) is 4.68 Å². The SMILES string of the molecule is CN(C)CCCSc1nnnn1CCNC(C)(C)C. The fraction of sp³-hybridized carbons (Fsp3) is 0.917. The molecule has 19 heavy (non-hydrogen) atoms. The molecule has 0 aliphatic carbocycles. The van der Waals surface area contributed by atoms with E-state index in [0.717, 1.165) is 37.0 Å². The Balaban J connectivity index is 2.30. The number of thioether (sulfide) groups is 1. The summed E-state index contributed by atoms with van der Waals surface area (Å²) in [5, 5.41) is 16.2. The average molecular weight is 286 g/mol. The Bertz CT molecular complexity index is 357. The normalized spacial score (nSPS) is 12.3. The molecule has 0 saturated heterocycles. The molecule has 0 atom stereocenters. The molecule has 0 aliphatic rings. The van der Waals surface area contributed by atoms with Crippen molar-refractivity contribution in [2.24, 2.45) is 0 Å². The number of hydrogen-bond acceptors (Lipinski definition) is 6. The van der Waals surface area contributed by atoms with Crippen molar-refractivity contribution in [2.45, 2.75) is 44.4 Å². The topological polar surface area (TPSA) is 58.9 Å². The lowest BCUT2D eigenvalue weighted by atomic mass is 10.1. The molecule has 0 aliphatic heterocycles. The number of aromatic nitrogens is 4. The summed E-state index contributed by atoms with van der Waals surface area (Å²) in [7, 11) is 4.18. The van der Waals surface area contributed by atoms with Crippen molar-refractivity contribution in [1.29, 1.82) is 0 Å². The molecule has 1 N–H and O–H groups in total. The minimum atomic E-state index is 0.132. The van der Waals surface area contributed by atoms with Crippen molar-refractivity contribution < 1.29 is 0 Å². The van der Waals surface area contributed by atoms with E-state index in [1.165, 1.54) is 0 Å². The minimum Gasteiger partial charge on any atom is -0.310 e. The quantitative estimate of drug-likeness (QED) is 0.570. The van der Waals surface area contributed by atoms with Crippen LogP contribution in [0.3, 0.4) is 0 Å². The summed E-state index contributed by atoms with van der Waals surface area (Å²) < 4.78 is 1.87. The van der Waals surface area contributed by atoms with Crippen LogP contribution in [-0.4, -0.2) is 63.6 Å². The first-order valence-corrected chi connectivity index (χ1v) is 7.66. The molecule has 6 nitrogen and oxygen atoms in total. The van der Waals surface area contributed by atoms with E-state index in [2.05, 4.69) is 60.6 Å². The molecule has 1 heterocycles. The average Bonchev–Trinajstić information content (AvgIpc) is 2.70. The number of rotatable bonds is 8. The van der Waals surface area contributed by atoms with Crippen LogP contribution in [0, 0.1) is 0 Å². The Kier molecular flexibility index (Phi) is 6.74. The van der Waals surface area contributed by atoms with Crippen LogP contribution in [-0.2, 0) is 6.54 Å². The van der Waals surface area contributed by atoms with E-state index >= 15 is 0 Å². The number of hydrogen-bond donors (Lipinski definition) is 1. The molecule has 0 bridgehead atoms. The number of nitrogens with zero attached hydrogens (tertiary/aromatic N) is 5. The van der Waals surface area contributed by atoms with Gasteiger partial charge >= 0.3 is 0 Å². The van der Waals surface area contributed by atoms with Crippen molar-refractivity contribution in [1.82, 2.24) is 30.4 Å². The molecule has 0 amide bonds. The maximum absolute atomic E-state index is 4.07. The molecule has 0 radical (unpaired) electrons. The van der Waals surface area contributed by atoms with E-state index in [9.17, 15) is 0 Å². The third-order valence-corrected chi connectivity index (χ3v) is 3.50. The van der Waals surface area contributed by atoms with E-state index < -0.39 is 0 Å². The first-order valence-electron chi connectivity index (χ1n) is 6.67. The molecule has 1 rings (SSSR count). The third-order valence-electron chi connectivity index (χ3n) is 2.46. The number of nitrogens with one attached hydrogen (secondary N) is 1. The van der Waals surface area contributed by atoms with Gasteiger partial charge in [-0.15, -0.1) is 5.10 Å². The summed E-state index contributed by atoms with van der Waals surface area (Å²) in [6.07, 6.45) is 1.14. The molecule has 1 aromatic heterocycles. The van der Waals surface area contributed by atoms with Gasteiger partial charge in [-0.1, -0.05) is 11.8 Å². The first-order chi connectivity index (χ1) is 8.88. The molecule has 0 saturated carbocycles. The van der Waals surface area contributed by atoms with Crippen LogP contribution < -0.4 is 5.32 Å². The lowest BCUT2D eigenvalue weighted by Crippen LogP contribution is -2.38. The third kappa shape index (κ3) is 7.49. The molecule has 0 spiro atoms. The molecular weight excluding hydrogens is 260 g/mol. The maximum atomic E-state index is 4.07.